The Kier molecular flexibility index (Phi) is 5.19. The normalized spacial score (nSPS) is 10.2. The van der Waals surface area contributed by atoms with Gasteiger partial charge < -0.3 is 10.1 Å². The Balaban J connectivity index is 1.80. The van der Waals surface area contributed by atoms with Crippen molar-refractivity contribution in [1.82, 2.24) is 9.78 Å². The highest BCUT2D eigenvalue weighted by Gasteiger charge is 2.08. The fourth-order valence-electron chi connectivity index (χ4n) is 1.39. The Bertz CT molecular complexity index is 581. The third-order valence-corrected chi connectivity index (χ3v) is 4.41. The average Bonchev–Trinajstić information content (AvgIpc) is 3.08. The summed E-state index contributed by atoms with van der Waals surface area (Å²) in [6.07, 6.45) is 3.08. The third-order valence-electron chi connectivity index (χ3n) is 2.28. The topological polar surface area (TPSA) is 73.2 Å². The van der Waals surface area contributed by atoms with E-state index in [0.717, 1.165) is 4.21 Å². The molecule has 0 saturated carbocycles. The molecule has 0 aliphatic heterocycles. The zero-order valence-corrected chi connectivity index (χ0v) is 12.4. The van der Waals surface area contributed by atoms with Crippen molar-refractivity contribution < 1.29 is 14.3 Å². The summed E-state index contributed by atoms with van der Waals surface area (Å²) < 4.78 is 7.04. The number of esters is 1. The number of methoxy groups -OCH3 is 1. The lowest BCUT2D eigenvalue weighted by Crippen LogP contribution is -2.14. The minimum absolute atomic E-state index is 0.0241. The van der Waals surface area contributed by atoms with Crippen LogP contribution in [0.4, 0.5) is 5.69 Å². The van der Waals surface area contributed by atoms with E-state index in [2.05, 4.69) is 15.2 Å². The van der Waals surface area contributed by atoms with E-state index in [1.54, 1.807) is 17.5 Å². The first-order valence-electron chi connectivity index (χ1n) is 5.73. The molecule has 2 heterocycles. The Morgan fingerprint density at radius 2 is 2.40 bits per heavy atom. The van der Waals surface area contributed by atoms with E-state index in [4.69, 9.17) is 0 Å². The fourth-order valence-corrected chi connectivity index (χ4v) is 2.98. The molecule has 0 aliphatic carbocycles. The van der Waals surface area contributed by atoms with Gasteiger partial charge in [-0.2, -0.15) is 5.10 Å². The highest BCUT2D eigenvalue weighted by Crippen LogP contribution is 2.23. The molecule has 106 valence electrons. The van der Waals surface area contributed by atoms with Crippen molar-refractivity contribution in [3.8, 4) is 0 Å². The second-order valence-electron chi connectivity index (χ2n) is 3.77. The van der Waals surface area contributed by atoms with Gasteiger partial charge in [0, 0.05) is 6.20 Å². The first kappa shape index (κ1) is 14.6. The predicted octanol–water partition coefficient (Wildman–Crippen LogP) is 1.85. The maximum absolute atomic E-state index is 11.7. The number of thioether (sulfide) groups is 1. The SMILES string of the molecule is COC(=O)Cn1cc(NC(=O)CSc2cccs2)cn1. The Morgan fingerprint density at radius 3 is 3.10 bits per heavy atom. The van der Waals surface area contributed by atoms with Gasteiger partial charge in [0.1, 0.15) is 6.54 Å². The summed E-state index contributed by atoms with van der Waals surface area (Å²) in [6.45, 7) is 0.0241. The molecule has 1 amide bonds. The summed E-state index contributed by atoms with van der Waals surface area (Å²) in [4.78, 5) is 22.8. The van der Waals surface area contributed by atoms with Crippen LogP contribution in [0.25, 0.3) is 0 Å². The van der Waals surface area contributed by atoms with Crippen molar-refractivity contribution >= 4 is 40.7 Å². The van der Waals surface area contributed by atoms with Gasteiger partial charge in [-0.3, -0.25) is 14.3 Å². The number of thiophene rings is 1. The number of anilines is 1. The molecule has 0 unspecified atom stereocenters. The van der Waals surface area contributed by atoms with Crippen molar-refractivity contribution in [2.24, 2.45) is 0 Å². The Morgan fingerprint density at radius 1 is 1.55 bits per heavy atom. The number of aromatic nitrogens is 2. The lowest BCUT2D eigenvalue weighted by Gasteiger charge is -2.01. The number of amides is 1. The molecule has 0 spiro atoms. The Hall–Kier alpha value is -1.80. The molecule has 0 atom stereocenters. The summed E-state index contributed by atoms with van der Waals surface area (Å²) in [6, 6.07) is 3.92. The van der Waals surface area contributed by atoms with Crippen molar-refractivity contribution in [3.63, 3.8) is 0 Å². The van der Waals surface area contributed by atoms with Crippen LogP contribution in [0.3, 0.4) is 0 Å². The highest BCUT2D eigenvalue weighted by atomic mass is 32.2. The van der Waals surface area contributed by atoms with Crippen LogP contribution in [0, 0.1) is 0 Å². The number of carbonyl (C=O) groups excluding carboxylic acids is 2. The molecule has 0 bridgehead atoms. The Labute approximate surface area is 124 Å². The van der Waals surface area contributed by atoms with Crippen LogP contribution >= 0.6 is 23.1 Å². The van der Waals surface area contributed by atoms with Crippen LogP contribution in [0.5, 0.6) is 0 Å². The first-order chi connectivity index (χ1) is 9.67. The molecule has 0 fully saturated rings. The zero-order chi connectivity index (χ0) is 14.4. The standard InChI is InChI=1S/C12H13N3O3S2/c1-18-11(17)7-15-6-9(5-13-15)14-10(16)8-20-12-3-2-4-19-12/h2-6H,7-8H2,1H3,(H,14,16). The minimum Gasteiger partial charge on any atom is -0.468 e. The maximum atomic E-state index is 11.7. The molecule has 0 aliphatic rings. The van der Waals surface area contributed by atoms with E-state index in [0.29, 0.717) is 11.4 Å². The fraction of sp³-hybridized carbons (Fsp3) is 0.250. The molecule has 8 heteroatoms. The smallest absolute Gasteiger partial charge is 0.327 e. The molecule has 0 saturated heterocycles. The molecule has 1 N–H and O–H groups in total. The van der Waals surface area contributed by atoms with Crippen molar-refractivity contribution in [3.05, 3.63) is 29.9 Å². The summed E-state index contributed by atoms with van der Waals surface area (Å²) >= 11 is 3.08. The van der Waals surface area contributed by atoms with Crippen molar-refractivity contribution in [2.75, 3.05) is 18.2 Å². The molecule has 2 aromatic rings. The molecule has 20 heavy (non-hydrogen) atoms. The number of nitrogens with zero attached hydrogens (tertiary/aromatic N) is 2. The summed E-state index contributed by atoms with van der Waals surface area (Å²) in [5, 5.41) is 8.66. The highest BCUT2D eigenvalue weighted by molar-refractivity contribution is 8.01. The second kappa shape index (κ2) is 7.11. The van der Waals surface area contributed by atoms with Gasteiger partial charge in [-0.1, -0.05) is 6.07 Å². The molecular formula is C12H13N3O3S2. The number of nitrogens with one attached hydrogen (secondary N) is 1. The van der Waals surface area contributed by atoms with Gasteiger partial charge in [0.05, 0.1) is 29.0 Å². The van der Waals surface area contributed by atoms with Crippen LogP contribution in [-0.2, 0) is 20.9 Å². The van der Waals surface area contributed by atoms with Crippen LogP contribution < -0.4 is 5.32 Å². The van der Waals surface area contributed by atoms with Gasteiger partial charge in [-0.15, -0.1) is 23.1 Å². The van der Waals surface area contributed by atoms with Gasteiger partial charge in [-0.05, 0) is 11.4 Å². The van der Waals surface area contributed by atoms with Crippen molar-refractivity contribution in [2.45, 2.75) is 10.8 Å². The van der Waals surface area contributed by atoms with Crippen LogP contribution in [0.15, 0.2) is 34.1 Å². The van der Waals surface area contributed by atoms with Gasteiger partial charge in [0.25, 0.3) is 0 Å². The number of rotatable bonds is 6. The number of hydrogen-bond acceptors (Lipinski definition) is 6. The lowest BCUT2D eigenvalue weighted by atomic mass is 10.5. The molecule has 6 nitrogen and oxygen atoms in total. The maximum Gasteiger partial charge on any atom is 0.327 e. The van der Waals surface area contributed by atoms with Gasteiger partial charge in [0.15, 0.2) is 0 Å². The van der Waals surface area contributed by atoms with E-state index >= 15 is 0 Å². The monoisotopic (exact) mass is 311 g/mol. The summed E-state index contributed by atoms with van der Waals surface area (Å²) in [5.74, 6) is -0.164. The molecule has 2 rings (SSSR count). The quantitative estimate of drug-likeness (QED) is 0.651. The largest absolute Gasteiger partial charge is 0.468 e. The van der Waals surface area contributed by atoms with E-state index in [1.165, 1.54) is 29.8 Å². The molecule has 0 aromatic carbocycles. The predicted molar refractivity (Wildman–Crippen MR) is 77.9 cm³/mol. The molecular weight excluding hydrogens is 298 g/mol. The molecule has 0 radical (unpaired) electrons. The minimum atomic E-state index is -0.390. The van der Waals surface area contributed by atoms with Gasteiger partial charge in [0.2, 0.25) is 5.91 Å². The number of ether oxygens (including phenoxy) is 1. The third kappa shape index (κ3) is 4.39. The van der Waals surface area contributed by atoms with Crippen molar-refractivity contribution in [1.29, 1.82) is 0 Å². The first-order valence-corrected chi connectivity index (χ1v) is 7.59. The zero-order valence-electron chi connectivity index (χ0n) is 10.7. The van der Waals surface area contributed by atoms with Crippen LogP contribution in [0.2, 0.25) is 0 Å². The number of carbonyl (C=O) groups is 2. The van der Waals surface area contributed by atoms with Crippen LogP contribution in [-0.4, -0.2) is 34.5 Å². The van der Waals surface area contributed by atoms with Gasteiger partial charge in [-0.25, -0.2) is 0 Å². The van der Waals surface area contributed by atoms with E-state index < -0.39 is 0 Å². The van der Waals surface area contributed by atoms with Crippen LogP contribution in [0.1, 0.15) is 0 Å². The molecule has 2 aromatic heterocycles. The van der Waals surface area contributed by atoms with E-state index in [1.807, 2.05) is 17.5 Å². The van der Waals surface area contributed by atoms with E-state index in [-0.39, 0.29) is 18.4 Å². The summed E-state index contributed by atoms with van der Waals surface area (Å²) in [7, 11) is 1.32. The summed E-state index contributed by atoms with van der Waals surface area (Å²) in [5.41, 5.74) is 0.561. The van der Waals surface area contributed by atoms with E-state index in [9.17, 15) is 9.59 Å². The second-order valence-corrected chi connectivity index (χ2v) is 5.99. The number of hydrogen-bond donors (Lipinski definition) is 1. The lowest BCUT2D eigenvalue weighted by molar-refractivity contribution is -0.141. The average molecular weight is 311 g/mol. The van der Waals surface area contributed by atoms with Gasteiger partial charge >= 0.3 is 5.97 Å².